The van der Waals surface area contributed by atoms with Crippen LogP contribution in [-0.4, -0.2) is 27.7 Å². The maximum atomic E-state index is 12.5. The van der Waals surface area contributed by atoms with Crippen LogP contribution in [0.2, 0.25) is 0 Å². The predicted molar refractivity (Wildman–Crippen MR) is 106 cm³/mol. The highest BCUT2D eigenvalue weighted by molar-refractivity contribution is 7.91. The number of nitrogens with zero attached hydrogens (tertiary/aromatic N) is 1. The lowest BCUT2D eigenvalue weighted by Crippen LogP contribution is -2.42. The number of sulfonamides is 1. The highest BCUT2D eigenvalue weighted by Crippen LogP contribution is 2.32. The van der Waals surface area contributed by atoms with Crippen LogP contribution in [0.3, 0.4) is 0 Å². The average Bonchev–Trinajstić information content (AvgIpc) is 2.62. The van der Waals surface area contributed by atoms with Crippen molar-refractivity contribution < 1.29 is 17.9 Å². The smallest absolute Gasteiger partial charge is 0.236 e. The SMILES string of the molecule is COC(C)N1C(=O)CCc2cc(NS(=O)(=O)Cc3ccc(C)cc3)ccc21. The van der Waals surface area contributed by atoms with Gasteiger partial charge in [0.05, 0.1) is 5.75 Å². The van der Waals surface area contributed by atoms with Gasteiger partial charge in [0.25, 0.3) is 0 Å². The van der Waals surface area contributed by atoms with Crippen LogP contribution >= 0.6 is 0 Å². The van der Waals surface area contributed by atoms with Gasteiger partial charge in [0, 0.05) is 24.9 Å². The van der Waals surface area contributed by atoms with E-state index in [1.54, 1.807) is 30.2 Å². The van der Waals surface area contributed by atoms with Gasteiger partial charge in [-0.1, -0.05) is 29.8 Å². The van der Waals surface area contributed by atoms with Crippen molar-refractivity contribution >= 4 is 27.3 Å². The zero-order valence-electron chi connectivity index (χ0n) is 15.7. The van der Waals surface area contributed by atoms with Crippen molar-refractivity contribution in [3.8, 4) is 0 Å². The molecule has 0 saturated heterocycles. The lowest BCUT2D eigenvalue weighted by atomic mass is 10.0. The van der Waals surface area contributed by atoms with Gasteiger partial charge in [0.15, 0.2) is 0 Å². The Morgan fingerprint density at radius 3 is 2.52 bits per heavy atom. The van der Waals surface area contributed by atoms with E-state index >= 15 is 0 Å². The summed E-state index contributed by atoms with van der Waals surface area (Å²) in [6.45, 7) is 3.77. The van der Waals surface area contributed by atoms with Gasteiger partial charge < -0.3 is 4.74 Å². The van der Waals surface area contributed by atoms with Gasteiger partial charge in [-0.05, 0) is 49.6 Å². The van der Waals surface area contributed by atoms with Gasteiger partial charge in [-0.3, -0.25) is 14.4 Å². The molecule has 2 aromatic rings. The van der Waals surface area contributed by atoms with Crippen molar-refractivity contribution in [2.24, 2.45) is 0 Å². The van der Waals surface area contributed by atoms with Gasteiger partial charge in [-0.15, -0.1) is 0 Å². The summed E-state index contributed by atoms with van der Waals surface area (Å²) in [7, 11) is -1.97. The first-order chi connectivity index (χ1) is 12.8. The van der Waals surface area contributed by atoms with Crippen LogP contribution in [0.4, 0.5) is 11.4 Å². The summed E-state index contributed by atoms with van der Waals surface area (Å²) in [4.78, 5) is 13.8. The summed E-state index contributed by atoms with van der Waals surface area (Å²) in [5.41, 5.74) is 4.01. The highest BCUT2D eigenvalue weighted by atomic mass is 32.2. The Balaban J connectivity index is 1.80. The molecular weight excluding hydrogens is 364 g/mol. The molecule has 144 valence electrons. The topological polar surface area (TPSA) is 75.7 Å². The molecule has 0 saturated carbocycles. The van der Waals surface area contributed by atoms with E-state index in [9.17, 15) is 13.2 Å². The lowest BCUT2D eigenvalue weighted by molar-refractivity contribution is -0.121. The van der Waals surface area contributed by atoms with Crippen LogP contribution < -0.4 is 9.62 Å². The number of aryl methyl sites for hydroxylation is 2. The van der Waals surface area contributed by atoms with E-state index in [1.165, 1.54) is 0 Å². The maximum Gasteiger partial charge on any atom is 0.236 e. The highest BCUT2D eigenvalue weighted by Gasteiger charge is 2.28. The molecule has 0 aromatic heterocycles. The molecular formula is C20H24N2O4S. The van der Waals surface area contributed by atoms with Crippen molar-refractivity contribution in [2.45, 2.75) is 38.7 Å². The molecule has 6 nitrogen and oxygen atoms in total. The molecule has 0 bridgehead atoms. The summed E-state index contributed by atoms with van der Waals surface area (Å²) < 4.78 is 32.9. The van der Waals surface area contributed by atoms with Crippen LogP contribution in [0.15, 0.2) is 42.5 Å². The quantitative estimate of drug-likeness (QED) is 0.824. The summed E-state index contributed by atoms with van der Waals surface area (Å²) in [6.07, 6.45) is 0.579. The number of carbonyl (C=O) groups excluding carboxylic acids is 1. The molecule has 7 heteroatoms. The fraction of sp³-hybridized carbons (Fsp3) is 0.350. The molecule has 0 radical (unpaired) electrons. The minimum absolute atomic E-state index is 0.00421. The average molecular weight is 388 g/mol. The van der Waals surface area contributed by atoms with E-state index in [4.69, 9.17) is 4.74 Å². The number of amides is 1. The minimum atomic E-state index is -3.53. The number of hydrogen-bond donors (Lipinski definition) is 1. The predicted octanol–water partition coefficient (Wildman–Crippen LogP) is 3.21. The van der Waals surface area contributed by atoms with Crippen LogP contribution in [0.1, 0.15) is 30.0 Å². The van der Waals surface area contributed by atoms with Crippen LogP contribution in [0, 0.1) is 6.92 Å². The van der Waals surface area contributed by atoms with E-state index in [-0.39, 0.29) is 17.9 Å². The third kappa shape index (κ3) is 4.48. The normalized spacial score (nSPS) is 15.4. The first-order valence-corrected chi connectivity index (χ1v) is 10.5. The van der Waals surface area contributed by atoms with Crippen LogP contribution in [0.5, 0.6) is 0 Å². The molecule has 0 spiro atoms. The van der Waals surface area contributed by atoms with Crippen LogP contribution in [0.25, 0.3) is 0 Å². The number of methoxy groups -OCH3 is 1. The molecule has 2 aromatic carbocycles. The van der Waals surface area contributed by atoms with Crippen molar-refractivity contribution in [2.75, 3.05) is 16.7 Å². The number of ether oxygens (including phenoxy) is 1. The molecule has 1 amide bonds. The van der Waals surface area contributed by atoms with E-state index in [0.29, 0.717) is 18.5 Å². The van der Waals surface area contributed by atoms with E-state index in [0.717, 1.165) is 22.4 Å². The molecule has 1 atom stereocenters. The van der Waals surface area contributed by atoms with Gasteiger partial charge in [0.2, 0.25) is 15.9 Å². The number of nitrogens with one attached hydrogen (secondary N) is 1. The molecule has 1 N–H and O–H groups in total. The Kier molecular flexibility index (Phi) is 5.53. The van der Waals surface area contributed by atoms with Gasteiger partial charge in [-0.2, -0.15) is 0 Å². The summed E-state index contributed by atoms with van der Waals surface area (Å²) in [5.74, 6) is -0.0834. The molecule has 27 heavy (non-hydrogen) atoms. The molecule has 1 heterocycles. The summed E-state index contributed by atoms with van der Waals surface area (Å²) in [5, 5.41) is 0. The van der Waals surface area contributed by atoms with Gasteiger partial charge >= 0.3 is 0 Å². The molecule has 0 aliphatic carbocycles. The first-order valence-electron chi connectivity index (χ1n) is 8.83. The second kappa shape index (κ2) is 7.70. The zero-order chi connectivity index (χ0) is 19.6. The maximum absolute atomic E-state index is 12.5. The number of rotatable bonds is 6. The number of fused-ring (bicyclic) bond motifs is 1. The monoisotopic (exact) mass is 388 g/mol. The van der Waals surface area contributed by atoms with Gasteiger partial charge in [-0.25, -0.2) is 8.42 Å². The van der Waals surface area contributed by atoms with Gasteiger partial charge in [0.1, 0.15) is 6.23 Å². The third-order valence-electron chi connectivity index (χ3n) is 4.67. The number of anilines is 2. The third-order valence-corrected chi connectivity index (χ3v) is 5.93. The van der Waals surface area contributed by atoms with Crippen LogP contribution in [-0.2, 0) is 31.7 Å². The lowest BCUT2D eigenvalue weighted by Gasteiger charge is -2.33. The largest absolute Gasteiger partial charge is 0.361 e. The summed E-state index contributed by atoms with van der Waals surface area (Å²) >= 11 is 0. The zero-order valence-corrected chi connectivity index (χ0v) is 16.5. The van der Waals surface area contributed by atoms with Crippen molar-refractivity contribution in [3.63, 3.8) is 0 Å². The van der Waals surface area contributed by atoms with E-state index in [2.05, 4.69) is 4.72 Å². The summed E-state index contributed by atoms with van der Waals surface area (Å²) in [6, 6.07) is 12.7. The Morgan fingerprint density at radius 2 is 1.85 bits per heavy atom. The Bertz CT molecular complexity index is 939. The van der Waals surface area contributed by atoms with Crippen molar-refractivity contribution in [1.82, 2.24) is 0 Å². The number of carbonyl (C=O) groups is 1. The number of hydrogen-bond acceptors (Lipinski definition) is 4. The fourth-order valence-corrected chi connectivity index (χ4v) is 4.39. The standard InChI is InChI=1S/C20H24N2O4S/c1-14-4-6-16(7-5-14)13-27(24,25)21-18-9-10-19-17(12-18)8-11-20(23)22(19)15(2)26-3/h4-7,9-10,12,15,21H,8,11,13H2,1-3H3. The molecule has 1 aliphatic heterocycles. The second-order valence-corrected chi connectivity index (χ2v) is 8.51. The fourth-order valence-electron chi connectivity index (χ4n) is 3.20. The van der Waals surface area contributed by atoms with Crippen molar-refractivity contribution in [1.29, 1.82) is 0 Å². The Hall–Kier alpha value is -2.38. The van der Waals surface area contributed by atoms with E-state index in [1.807, 2.05) is 38.1 Å². The Labute approximate surface area is 160 Å². The van der Waals surface area contributed by atoms with E-state index < -0.39 is 10.0 Å². The first kappa shape index (κ1) is 19.4. The molecule has 1 aliphatic rings. The molecule has 1 unspecified atom stereocenters. The molecule has 3 rings (SSSR count). The second-order valence-electron chi connectivity index (χ2n) is 6.79. The minimum Gasteiger partial charge on any atom is -0.361 e. The Morgan fingerprint density at radius 1 is 1.15 bits per heavy atom. The molecule has 0 fully saturated rings. The number of benzene rings is 2. The van der Waals surface area contributed by atoms with Crippen molar-refractivity contribution in [3.05, 3.63) is 59.2 Å².